The van der Waals surface area contributed by atoms with Crippen LogP contribution in [0.5, 0.6) is 0 Å². The van der Waals surface area contributed by atoms with Crippen molar-refractivity contribution in [3.05, 3.63) is 66.1 Å². The molecule has 3 aromatic rings. The van der Waals surface area contributed by atoms with E-state index in [0.29, 0.717) is 23.4 Å². The van der Waals surface area contributed by atoms with Gasteiger partial charge in [-0.25, -0.2) is 4.98 Å². The number of amides is 1. The van der Waals surface area contributed by atoms with Crippen LogP contribution >= 0.6 is 0 Å². The number of carbonyl (C=O) groups is 1. The Hall–Kier alpha value is -2.66. The maximum atomic E-state index is 12.8. The van der Waals surface area contributed by atoms with Crippen LogP contribution in [-0.2, 0) is 10.4 Å². The largest absolute Gasteiger partial charge is 0.437 e. The minimum Gasteiger partial charge on any atom is -0.437 e. The van der Waals surface area contributed by atoms with Crippen LogP contribution in [0.3, 0.4) is 0 Å². The lowest BCUT2D eigenvalue weighted by Gasteiger charge is -2.31. The molecule has 5 heteroatoms. The first-order valence-electron chi connectivity index (χ1n) is 11.0. The van der Waals surface area contributed by atoms with E-state index in [1.807, 2.05) is 54.6 Å². The Morgan fingerprint density at radius 1 is 1.13 bits per heavy atom. The van der Waals surface area contributed by atoms with E-state index in [4.69, 9.17) is 4.42 Å². The normalized spacial score (nSPS) is 18.1. The molecule has 1 heterocycles. The van der Waals surface area contributed by atoms with Crippen molar-refractivity contribution in [2.75, 3.05) is 0 Å². The first-order chi connectivity index (χ1) is 14.5. The smallest absolute Gasteiger partial charge is 0.229 e. The fourth-order valence-corrected chi connectivity index (χ4v) is 4.45. The third-order valence-electron chi connectivity index (χ3n) is 6.23. The van der Waals surface area contributed by atoms with Crippen molar-refractivity contribution in [1.82, 2.24) is 10.3 Å². The van der Waals surface area contributed by atoms with Crippen LogP contribution < -0.4 is 5.32 Å². The minimum absolute atomic E-state index is 0.0502. The number of benzene rings is 2. The molecule has 0 aliphatic heterocycles. The Balaban J connectivity index is 1.55. The molecule has 1 saturated carbocycles. The zero-order valence-corrected chi connectivity index (χ0v) is 17.5. The molecule has 1 aliphatic rings. The summed E-state index contributed by atoms with van der Waals surface area (Å²) in [5.41, 5.74) is 0.614. The summed E-state index contributed by atoms with van der Waals surface area (Å²) in [7, 11) is 0. The van der Waals surface area contributed by atoms with Crippen LogP contribution in [0.1, 0.15) is 69.4 Å². The second kappa shape index (κ2) is 9.00. The molecular formula is C25H30N2O3. The van der Waals surface area contributed by atoms with Gasteiger partial charge in [0, 0.05) is 6.42 Å². The molecule has 0 spiro atoms. The summed E-state index contributed by atoms with van der Waals surface area (Å²) >= 11 is 0. The van der Waals surface area contributed by atoms with Crippen molar-refractivity contribution in [2.24, 2.45) is 5.92 Å². The van der Waals surface area contributed by atoms with E-state index in [1.165, 1.54) is 32.1 Å². The van der Waals surface area contributed by atoms with Crippen LogP contribution in [0.25, 0.3) is 11.1 Å². The number of hydrogen-bond acceptors (Lipinski definition) is 4. The lowest BCUT2D eigenvalue weighted by atomic mass is 9.85. The molecule has 1 aromatic heterocycles. The standard InChI is InChI=1S/C25H30N2O3/c1-25(29,24-26-20-14-8-9-15-21(20)30-24)23(19-12-6-3-7-13-19)27-22(28)17-16-18-10-4-2-5-11-18/h3,6-9,12-15,18,23,29H,2,4-5,10-11,16-17H2,1H3,(H,27,28)/t23-,25?/m1/s1. The lowest BCUT2D eigenvalue weighted by molar-refractivity contribution is -0.125. The van der Waals surface area contributed by atoms with Crippen molar-refractivity contribution in [1.29, 1.82) is 0 Å². The fraction of sp³-hybridized carbons (Fsp3) is 0.440. The maximum absolute atomic E-state index is 12.8. The Labute approximate surface area is 177 Å². The average molecular weight is 407 g/mol. The van der Waals surface area contributed by atoms with Gasteiger partial charge in [-0.15, -0.1) is 0 Å². The maximum Gasteiger partial charge on any atom is 0.229 e. The summed E-state index contributed by atoms with van der Waals surface area (Å²) in [6.07, 6.45) is 7.66. The number of aliphatic hydroxyl groups is 1. The Kier molecular flexibility index (Phi) is 6.18. The lowest BCUT2D eigenvalue weighted by Crippen LogP contribution is -2.42. The summed E-state index contributed by atoms with van der Waals surface area (Å²) in [4.78, 5) is 17.3. The van der Waals surface area contributed by atoms with Gasteiger partial charge in [0.1, 0.15) is 5.52 Å². The van der Waals surface area contributed by atoms with Crippen molar-refractivity contribution in [2.45, 2.75) is 63.5 Å². The van der Waals surface area contributed by atoms with Gasteiger partial charge in [-0.3, -0.25) is 4.79 Å². The SMILES string of the molecule is CC(O)(c1nc2ccccc2o1)[C@H](NC(=O)CCC1CCCCC1)c1ccccc1. The van der Waals surface area contributed by atoms with Gasteiger partial charge < -0.3 is 14.8 Å². The number of carbonyl (C=O) groups excluding carboxylic acids is 1. The van der Waals surface area contributed by atoms with Gasteiger partial charge in [0.25, 0.3) is 0 Å². The number of fused-ring (bicyclic) bond motifs is 1. The highest BCUT2D eigenvalue weighted by Gasteiger charge is 2.40. The van der Waals surface area contributed by atoms with E-state index >= 15 is 0 Å². The molecule has 0 radical (unpaired) electrons. The number of nitrogens with zero attached hydrogens (tertiary/aromatic N) is 1. The molecule has 5 nitrogen and oxygen atoms in total. The summed E-state index contributed by atoms with van der Waals surface area (Å²) in [5.74, 6) is 0.785. The number of hydrogen-bond donors (Lipinski definition) is 2. The van der Waals surface area contributed by atoms with Crippen molar-refractivity contribution in [3.63, 3.8) is 0 Å². The van der Waals surface area contributed by atoms with Gasteiger partial charge in [0.05, 0.1) is 6.04 Å². The van der Waals surface area contributed by atoms with Gasteiger partial charge in [-0.1, -0.05) is 74.6 Å². The Morgan fingerprint density at radius 3 is 2.57 bits per heavy atom. The van der Waals surface area contributed by atoms with Crippen LogP contribution in [0.15, 0.2) is 59.0 Å². The zero-order valence-electron chi connectivity index (χ0n) is 17.5. The highest BCUT2D eigenvalue weighted by Crippen LogP contribution is 2.36. The molecular weight excluding hydrogens is 376 g/mol. The third kappa shape index (κ3) is 4.57. The van der Waals surface area contributed by atoms with Crippen LogP contribution in [0.2, 0.25) is 0 Å². The summed E-state index contributed by atoms with van der Waals surface area (Å²) in [6.45, 7) is 1.65. The van der Waals surface area contributed by atoms with E-state index in [9.17, 15) is 9.90 Å². The number of aromatic nitrogens is 1. The van der Waals surface area contributed by atoms with Crippen LogP contribution in [0, 0.1) is 5.92 Å². The van der Waals surface area contributed by atoms with Crippen LogP contribution in [-0.4, -0.2) is 16.0 Å². The molecule has 1 aliphatic carbocycles. The molecule has 2 N–H and O–H groups in total. The Morgan fingerprint density at radius 2 is 1.83 bits per heavy atom. The number of nitrogens with one attached hydrogen (secondary N) is 1. The molecule has 0 saturated heterocycles. The second-order valence-electron chi connectivity index (χ2n) is 8.59. The van der Waals surface area contributed by atoms with Crippen molar-refractivity contribution in [3.8, 4) is 0 Å². The quantitative estimate of drug-likeness (QED) is 0.562. The molecule has 2 aromatic carbocycles. The zero-order chi connectivity index (χ0) is 21.0. The number of oxazole rings is 1. The first-order valence-corrected chi connectivity index (χ1v) is 11.0. The molecule has 30 heavy (non-hydrogen) atoms. The monoisotopic (exact) mass is 406 g/mol. The van der Waals surface area contributed by atoms with E-state index < -0.39 is 11.6 Å². The van der Waals surface area contributed by atoms with Crippen molar-refractivity contribution < 1.29 is 14.3 Å². The highest BCUT2D eigenvalue weighted by molar-refractivity contribution is 5.77. The fourth-order valence-electron chi connectivity index (χ4n) is 4.45. The van der Waals surface area contributed by atoms with Gasteiger partial charge >= 0.3 is 0 Å². The number of para-hydroxylation sites is 2. The van der Waals surface area contributed by atoms with Crippen LogP contribution in [0.4, 0.5) is 0 Å². The summed E-state index contributed by atoms with van der Waals surface area (Å²) in [5, 5.41) is 14.6. The van der Waals surface area contributed by atoms with E-state index in [1.54, 1.807) is 6.92 Å². The third-order valence-corrected chi connectivity index (χ3v) is 6.23. The Bertz CT molecular complexity index is 941. The predicted molar refractivity (Wildman–Crippen MR) is 117 cm³/mol. The second-order valence-corrected chi connectivity index (χ2v) is 8.59. The van der Waals surface area contributed by atoms with E-state index in [2.05, 4.69) is 10.3 Å². The van der Waals surface area contributed by atoms with E-state index in [-0.39, 0.29) is 11.8 Å². The highest BCUT2D eigenvalue weighted by atomic mass is 16.4. The number of rotatable bonds is 7. The van der Waals surface area contributed by atoms with Gasteiger partial charge in [0.15, 0.2) is 11.2 Å². The van der Waals surface area contributed by atoms with Gasteiger partial charge in [-0.05, 0) is 37.0 Å². The molecule has 1 fully saturated rings. The van der Waals surface area contributed by atoms with Crippen molar-refractivity contribution >= 4 is 17.0 Å². The average Bonchev–Trinajstić information content (AvgIpc) is 3.23. The predicted octanol–water partition coefficient (Wildman–Crippen LogP) is 5.25. The topological polar surface area (TPSA) is 75.4 Å². The molecule has 4 rings (SSSR count). The van der Waals surface area contributed by atoms with E-state index in [0.717, 1.165) is 12.0 Å². The van der Waals surface area contributed by atoms with Gasteiger partial charge in [0.2, 0.25) is 11.8 Å². The molecule has 1 unspecified atom stereocenters. The first kappa shape index (κ1) is 20.6. The molecule has 0 bridgehead atoms. The summed E-state index contributed by atoms with van der Waals surface area (Å²) in [6, 6.07) is 16.3. The molecule has 2 atom stereocenters. The van der Waals surface area contributed by atoms with Gasteiger partial charge in [-0.2, -0.15) is 0 Å². The summed E-state index contributed by atoms with van der Waals surface area (Å²) < 4.78 is 5.86. The molecule has 158 valence electrons. The minimum atomic E-state index is -1.50. The molecule has 1 amide bonds.